The lowest BCUT2D eigenvalue weighted by atomic mass is 10.2. The fourth-order valence-electron chi connectivity index (χ4n) is 3.84. The van der Waals surface area contributed by atoms with E-state index in [4.69, 9.17) is 19.9 Å². The molecule has 10 heteroatoms. The minimum atomic E-state index is -0.127. The monoisotopic (exact) mass is 466 g/mol. The second-order valence-electron chi connectivity index (χ2n) is 7.84. The van der Waals surface area contributed by atoms with E-state index in [1.807, 2.05) is 36.4 Å². The van der Waals surface area contributed by atoms with Crippen molar-refractivity contribution in [1.82, 2.24) is 14.9 Å². The second-order valence-corrected chi connectivity index (χ2v) is 7.84. The number of carbonyl (C=O) groups excluding carboxylic acids is 1. The van der Waals surface area contributed by atoms with Crippen LogP contribution >= 0.6 is 0 Å². The van der Waals surface area contributed by atoms with Crippen molar-refractivity contribution in [1.29, 1.82) is 0 Å². The first-order valence-corrected chi connectivity index (χ1v) is 11.2. The number of hydrogen-bond acceptors (Lipinski definition) is 8. The molecule has 1 saturated heterocycles. The fourth-order valence-corrected chi connectivity index (χ4v) is 3.84. The molecule has 0 bridgehead atoms. The Bertz CT molecular complexity index is 1120. The molecule has 2 heterocycles. The van der Waals surface area contributed by atoms with E-state index >= 15 is 0 Å². The van der Waals surface area contributed by atoms with E-state index in [0.29, 0.717) is 50.8 Å². The fraction of sp³-hybridized carbons (Fsp3) is 0.375. The predicted octanol–water partition coefficient (Wildman–Crippen LogP) is 2.73. The van der Waals surface area contributed by atoms with Crippen molar-refractivity contribution in [2.45, 2.75) is 6.42 Å². The summed E-state index contributed by atoms with van der Waals surface area (Å²) >= 11 is 0. The lowest BCUT2D eigenvalue weighted by molar-refractivity contribution is 0.208. The minimum absolute atomic E-state index is 0.127. The Hall–Kier alpha value is -3.79. The van der Waals surface area contributed by atoms with Gasteiger partial charge in [0.1, 0.15) is 17.9 Å². The number of benzene rings is 2. The zero-order valence-corrected chi connectivity index (χ0v) is 19.5. The third kappa shape index (κ3) is 5.23. The third-order valence-corrected chi connectivity index (χ3v) is 5.71. The Balaban J connectivity index is 1.44. The van der Waals surface area contributed by atoms with E-state index in [-0.39, 0.29) is 6.03 Å². The molecule has 10 nitrogen and oxygen atoms in total. The van der Waals surface area contributed by atoms with Gasteiger partial charge in [-0.3, -0.25) is 0 Å². The molecule has 0 atom stereocenters. The number of amides is 2. The van der Waals surface area contributed by atoms with E-state index in [2.05, 4.69) is 20.2 Å². The molecule has 4 rings (SSSR count). The maximum absolute atomic E-state index is 12.7. The Morgan fingerprint density at radius 1 is 1.03 bits per heavy atom. The van der Waals surface area contributed by atoms with Crippen LogP contribution in [0.15, 0.2) is 42.7 Å². The SMILES string of the molecule is COc1ccc(NC(=O)N2CCN(c3ncnc4cc(OCCCN)c(OC)cc34)CC2)cc1. The van der Waals surface area contributed by atoms with Crippen molar-refractivity contribution in [2.24, 2.45) is 5.73 Å². The molecule has 180 valence electrons. The van der Waals surface area contributed by atoms with E-state index in [1.165, 1.54) is 0 Å². The van der Waals surface area contributed by atoms with Crippen LogP contribution < -0.4 is 30.2 Å². The molecular weight excluding hydrogens is 436 g/mol. The van der Waals surface area contributed by atoms with Gasteiger partial charge in [0.05, 0.1) is 26.3 Å². The molecule has 1 aliphatic rings. The molecule has 3 N–H and O–H groups in total. The Morgan fingerprint density at radius 3 is 2.47 bits per heavy atom. The van der Waals surface area contributed by atoms with Crippen LogP contribution in [0.25, 0.3) is 10.9 Å². The van der Waals surface area contributed by atoms with Crippen molar-refractivity contribution in [3.63, 3.8) is 0 Å². The highest BCUT2D eigenvalue weighted by molar-refractivity contribution is 5.92. The average molecular weight is 467 g/mol. The number of aromatic nitrogens is 2. The zero-order chi connectivity index (χ0) is 23.9. The summed E-state index contributed by atoms with van der Waals surface area (Å²) in [5, 5.41) is 3.81. The van der Waals surface area contributed by atoms with Crippen LogP contribution in [0.4, 0.5) is 16.3 Å². The van der Waals surface area contributed by atoms with Gasteiger partial charge < -0.3 is 35.1 Å². The molecule has 3 aromatic rings. The summed E-state index contributed by atoms with van der Waals surface area (Å²) in [5.74, 6) is 2.81. The number of piperazine rings is 1. The summed E-state index contributed by atoms with van der Waals surface area (Å²) in [4.78, 5) is 25.6. The molecular formula is C24H30N6O4. The smallest absolute Gasteiger partial charge is 0.321 e. The van der Waals surface area contributed by atoms with Crippen molar-refractivity contribution in [3.05, 3.63) is 42.7 Å². The molecule has 1 aromatic heterocycles. The number of urea groups is 1. The van der Waals surface area contributed by atoms with Gasteiger partial charge in [-0.05, 0) is 43.3 Å². The van der Waals surface area contributed by atoms with Crippen LogP contribution in [-0.4, -0.2) is 74.4 Å². The molecule has 0 saturated carbocycles. The average Bonchev–Trinajstić information content (AvgIpc) is 2.88. The normalized spacial score (nSPS) is 13.6. The number of carbonyl (C=O) groups is 1. The molecule has 1 aliphatic heterocycles. The van der Waals surface area contributed by atoms with Gasteiger partial charge in [-0.1, -0.05) is 0 Å². The van der Waals surface area contributed by atoms with Crippen molar-refractivity contribution >= 4 is 28.4 Å². The van der Waals surface area contributed by atoms with Crippen LogP contribution in [0.2, 0.25) is 0 Å². The number of rotatable bonds is 8. The van der Waals surface area contributed by atoms with Gasteiger partial charge in [0.2, 0.25) is 0 Å². The molecule has 1 fully saturated rings. The van der Waals surface area contributed by atoms with Crippen LogP contribution in [0.5, 0.6) is 17.2 Å². The summed E-state index contributed by atoms with van der Waals surface area (Å²) in [6.07, 6.45) is 2.31. The first kappa shape index (κ1) is 23.4. The zero-order valence-electron chi connectivity index (χ0n) is 19.5. The van der Waals surface area contributed by atoms with Crippen molar-refractivity contribution in [3.8, 4) is 17.2 Å². The van der Waals surface area contributed by atoms with Gasteiger partial charge in [-0.15, -0.1) is 0 Å². The maximum Gasteiger partial charge on any atom is 0.321 e. The van der Waals surface area contributed by atoms with E-state index in [9.17, 15) is 4.79 Å². The Morgan fingerprint density at radius 2 is 1.79 bits per heavy atom. The number of methoxy groups -OCH3 is 2. The maximum atomic E-state index is 12.7. The number of nitrogens with one attached hydrogen (secondary N) is 1. The topological polar surface area (TPSA) is 115 Å². The van der Waals surface area contributed by atoms with Gasteiger partial charge in [-0.2, -0.15) is 0 Å². The molecule has 34 heavy (non-hydrogen) atoms. The van der Waals surface area contributed by atoms with Crippen LogP contribution in [0.1, 0.15) is 6.42 Å². The summed E-state index contributed by atoms with van der Waals surface area (Å²) in [6.45, 7) is 3.53. The van der Waals surface area contributed by atoms with Gasteiger partial charge in [-0.25, -0.2) is 14.8 Å². The number of nitrogens with two attached hydrogens (primary N) is 1. The molecule has 0 unspecified atom stereocenters. The standard InChI is InChI=1S/C24H30N6O4/c1-32-18-6-4-17(5-7-18)28-24(31)30-11-9-29(10-12-30)23-19-14-21(33-2)22(34-13-3-8-25)15-20(19)26-16-27-23/h4-7,14-16H,3,8-13,25H2,1-2H3,(H,28,31). The highest BCUT2D eigenvalue weighted by Gasteiger charge is 2.24. The van der Waals surface area contributed by atoms with Crippen LogP contribution in [0, 0.1) is 0 Å². The quantitative estimate of drug-likeness (QED) is 0.487. The summed E-state index contributed by atoms with van der Waals surface area (Å²) in [7, 11) is 3.22. The lowest BCUT2D eigenvalue weighted by Crippen LogP contribution is -2.50. The van der Waals surface area contributed by atoms with E-state index in [1.54, 1.807) is 25.4 Å². The van der Waals surface area contributed by atoms with Gasteiger partial charge >= 0.3 is 6.03 Å². The highest BCUT2D eigenvalue weighted by Crippen LogP contribution is 2.35. The molecule has 2 aromatic carbocycles. The van der Waals surface area contributed by atoms with E-state index < -0.39 is 0 Å². The minimum Gasteiger partial charge on any atom is -0.497 e. The Labute approximate surface area is 198 Å². The van der Waals surface area contributed by atoms with Crippen LogP contribution in [-0.2, 0) is 0 Å². The highest BCUT2D eigenvalue weighted by atomic mass is 16.5. The van der Waals surface area contributed by atoms with Gasteiger partial charge in [0.25, 0.3) is 0 Å². The number of anilines is 2. The molecule has 0 aliphatic carbocycles. The first-order chi connectivity index (χ1) is 16.6. The van der Waals surface area contributed by atoms with Crippen LogP contribution in [0.3, 0.4) is 0 Å². The predicted molar refractivity (Wildman–Crippen MR) is 131 cm³/mol. The van der Waals surface area contributed by atoms with Crippen molar-refractivity contribution < 1.29 is 19.0 Å². The Kier molecular flexibility index (Phi) is 7.48. The second kappa shape index (κ2) is 10.9. The number of nitrogens with zero attached hydrogens (tertiary/aromatic N) is 4. The van der Waals surface area contributed by atoms with Gasteiger partial charge in [0, 0.05) is 43.3 Å². The molecule has 0 spiro atoms. The van der Waals surface area contributed by atoms with E-state index in [0.717, 1.165) is 34.6 Å². The molecule has 0 radical (unpaired) electrons. The largest absolute Gasteiger partial charge is 0.497 e. The molecule has 2 amide bonds. The summed E-state index contributed by atoms with van der Waals surface area (Å²) in [6, 6.07) is 10.9. The third-order valence-electron chi connectivity index (χ3n) is 5.71. The van der Waals surface area contributed by atoms with Crippen molar-refractivity contribution in [2.75, 3.05) is 63.8 Å². The van der Waals surface area contributed by atoms with Gasteiger partial charge in [0.15, 0.2) is 11.5 Å². The lowest BCUT2D eigenvalue weighted by Gasteiger charge is -2.35. The number of hydrogen-bond donors (Lipinski definition) is 2. The first-order valence-electron chi connectivity index (χ1n) is 11.2. The summed E-state index contributed by atoms with van der Waals surface area (Å²) < 4.78 is 16.5. The number of fused-ring (bicyclic) bond motifs is 1. The number of ether oxygens (including phenoxy) is 3. The summed E-state index contributed by atoms with van der Waals surface area (Å²) in [5.41, 5.74) is 7.06.